The first-order valence-electron chi connectivity index (χ1n) is 6.59. The third-order valence-corrected chi connectivity index (χ3v) is 3.16. The zero-order valence-corrected chi connectivity index (χ0v) is 11.2. The number of nitrogens with one attached hydrogen (secondary N) is 1. The van der Waals surface area contributed by atoms with E-state index in [1.165, 1.54) is 11.1 Å². The SMILES string of the molecule is Cc1ccccc1CCC(=O)NCCc1ccco1. The summed E-state index contributed by atoms with van der Waals surface area (Å²) in [6.45, 7) is 2.70. The fraction of sp³-hybridized carbons (Fsp3) is 0.312. The van der Waals surface area contributed by atoms with Crippen LogP contribution in [0.5, 0.6) is 0 Å². The van der Waals surface area contributed by atoms with Gasteiger partial charge in [0.2, 0.25) is 5.91 Å². The summed E-state index contributed by atoms with van der Waals surface area (Å²) < 4.78 is 5.21. The monoisotopic (exact) mass is 257 g/mol. The van der Waals surface area contributed by atoms with Crippen molar-refractivity contribution in [2.45, 2.75) is 26.2 Å². The Bertz CT molecular complexity index is 517. The fourth-order valence-corrected chi connectivity index (χ4v) is 2.01. The van der Waals surface area contributed by atoms with E-state index in [4.69, 9.17) is 4.42 Å². The third kappa shape index (κ3) is 4.28. The molecule has 0 bridgehead atoms. The van der Waals surface area contributed by atoms with Gasteiger partial charge in [-0.15, -0.1) is 0 Å². The first-order valence-corrected chi connectivity index (χ1v) is 6.59. The molecule has 1 aromatic heterocycles. The molecule has 0 spiro atoms. The third-order valence-electron chi connectivity index (χ3n) is 3.16. The number of rotatable bonds is 6. The standard InChI is InChI=1S/C16H19NO2/c1-13-5-2-3-6-14(13)8-9-16(18)17-11-10-15-7-4-12-19-15/h2-7,12H,8-11H2,1H3,(H,17,18). The Morgan fingerprint density at radius 1 is 1.16 bits per heavy atom. The van der Waals surface area contributed by atoms with Crippen molar-refractivity contribution in [3.63, 3.8) is 0 Å². The van der Waals surface area contributed by atoms with Crippen molar-refractivity contribution < 1.29 is 9.21 Å². The number of amides is 1. The second-order valence-corrected chi connectivity index (χ2v) is 4.61. The molecule has 1 N–H and O–H groups in total. The van der Waals surface area contributed by atoms with Gasteiger partial charge in [-0.1, -0.05) is 24.3 Å². The largest absolute Gasteiger partial charge is 0.469 e. The molecule has 1 aromatic carbocycles. The molecule has 1 heterocycles. The lowest BCUT2D eigenvalue weighted by atomic mass is 10.0. The molecule has 19 heavy (non-hydrogen) atoms. The molecule has 1 amide bonds. The quantitative estimate of drug-likeness (QED) is 0.864. The number of hydrogen-bond donors (Lipinski definition) is 1. The average molecular weight is 257 g/mol. The van der Waals surface area contributed by atoms with Crippen LogP contribution in [0.4, 0.5) is 0 Å². The van der Waals surface area contributed by atoms with Crippen LogP contribution in [0.2, 0.25) is 0 Å². The highest BCUT2D eigenvalue weighted by Crippen LogP contribution is 2.09. The Kier molecular flexibility index (Phi) is 4.78. The first-order chi connectivity index (χ1) is 9.25. The molecule has 0 saturated heterocycles. The van der Waals surface area contributed by atoms with E-state index in [9.17, 15) is 4.79 Å². The smallest absolute Gasteiger partial charge is 0.220 e. The molecular weight excluding hydrogens is 238 g/mol. The van der Waals surface area contributed by atoms with E-state index in [0.29, 0.717) is 13.0 Å². The van der Waals surface area contributed by atoms with E-state index in [2.05, 4.69) is 24.4 Å². The number of benzene rings is 1. The maximum atomic E-state index is 11.7. The highest BCUT2D eigenvalue weighted by molar-refractivity contribution is 5.76. The molecule has 100 valence electrons. The van der Waals surface area contributed by atoms with Gasteiger partial charge in [0.1, 0.15) is 5.76 Å². The van der Waals surface area contributed by atoms with E-state index < -0.39 is 0 Å². The number of carbonyl (C=O) groups excluding carboxylic acids is 1. The molecule has 0 saturated carbocycles. The average Bonchev–Trinajstić information content (AvgIpc) is 2.91. The van der Waals surface area contributed by atoms with Gasteiger partial charge in [0.25, 0.3) is 0 Å². The maximum Gasteiger partial charge on any atom is 0.220 e. The van der Waals surface area contributed by atoms with Crippen molar-refractivity contribution in [1.29, 1.82) is 0 Å². The van der Waals surface area contributed by atoms with E-state index in [0.717, 1.165) is 18.6 Å². The summed E-state index contributed by atoms with van der Waals surface area (Å²) in [5, 5.41) is 2.91. The number of hydrogen-bond acceptors (Lipinski definition) is 2. The Hall–Kier alpha value is -2.03. The number of furan rings is 1. The normalized spacial score (nSPS) is 10.4. The zero-order chi connectivity index (χ0) is 13.5. The second-order valence-electron chi connectivity index (χ2n) is 4.61. The van der Waals surface area contributed by atoms with Crippen LogP contribution < -0.4 is 5.32 Å². The Balaban J connectivity index is 1.69. The van der Waals surface area contributed by atoms with Crippen LogP contribution in [0.15, 0.2) is 47.1 Å². The van der Waals surface area contributed by atoms with E-state index in [-0.39, 0.29) is 5.91 Å². The summed E-state index contributed by atoms with van der Waals surface area (Å²) in [4.78, 5) is 11.7. The first kappa shape index (κ1) is 13.4. The van der Waals surface area contributed by atoms with E-state index >= 15 is 0 Å². The van der Waals surface area contributed by atoms with Crippen LogP contribution in [0.3, 0.4) is 0 Å². The van der Waals surface area contributed by atoms with Crippen molar-refractivity contribution in [2.24, 2.45) is 0 Å². The molecular formula is C16H19NO2. The van der Waals surface area contributed by atoms with Gasteiger partial charge >= 0.3 is 0 Å². The molecule has 0 atom stereocenters. The minimum Gasteiger partial charge on any atom is -0.469 e. The van der Waals surface area contributed by atoms with Gasteiger partial charge in [0.05, 0.1) is 6.26 Å². The summed E-state index contributed by atoms with van der Waals surface area (Å²) in [5.74, 6) is 0.994. The van der Waals surface area contributed by atoms with Crippen molar-refractivity contribution in [3.8, 4) is 0 Å². The summed E-state index contributed by atoms with van der Waals surface area (Å²) in [5.41, 5.74) is 2.48. The molecule has 0 unspecified atom stereocenters. The van der Waals surface area contributed by atoms with Crippen LogP contribution in [-0.2, 0) is 17.6 Å². The highest BCUT2D eigenvalue weighted by Gasteiger charge is 2.04. The van der Waals surface area contributed by atoms with Crippen LogP contribution >= 0.6 is 0 Å². The van der Waals surface area contributed by atoms with Crippen molar-refractivity contribution >= 4 is 5.91 Å². The summed E-state index contributed by atoms with van der Waals surface area (Å²) in [6, 6.07) is 11.9. The molecule has 2 aromatic rings. The Morgan fingerprint density at radius 2 is 2.00 bits per heavy atom. The predicted molar refractivity (Wildman–Crippen MR) is 74.9 cm³/mol. The molecule has 2 rings (SSSR count). The van der Waals surface area contributed by atoms with Crippen LogP contribution in [0, 0.1) is 6.92 Å². The van der Waals surface area contributed by atoms with Gasteiger partial charge in [0.15, 0.2) is 0 Å². The molecule has 3 nitrogen and oxygen atoms in total. The van der Waals surface area contributed by atoms with Gasteiger partial charge in [0, 0.05) is 19.4 Å². The lowest BCUT2D eigenvalue weighted by Crippen LogP contribution is -2.25. The second kappa shape index (κ2) is 6.78. The summed E-state index contributed by atoms with van der Waals surface area (Å²) in [7, 11) is 0. The van der Waals surface area contributed by atoms with Crippen LogP contribution in [-0.4, -0.2) is 12.5 Å². The van der Waals surface area contributed by atoms with Crippen molar-refractivity contribution in [1.82, 2.24) is 5.32 Å². The van der Waals surface area contributed by atoms with Gasteiger partial charge in [-0.05, 0) is 36.6 Å². The lowest BCUT2D eigenvalue weighted by molar-refractivity contribution is -0.121. The van der Waals surface area contributed by atoms with Crippen LogP contribution in [0.1, 0.15) is 23.3 Å². The summed E-state index contributed by atoms with van der Waals surface area (Å²) in [6.07, 6.45) is 3.71. The van der Waals surface area contributed by atoms with Gasteiger partial charge in [-0.3, -0.25) is 4.79 Å². The lowest BCUT2D eigenvalue weighted by Gasteiger charge is -2.06. The fourth-order valence-electron chi connectivity index (χ4n) is 2.01. The van der Waals surface area contributed by atoms with Crippen molar-refractivity contribution in [2.75, 3.05) is 6.54 Å². The Labute approximate surface area is 113 Å². The molecule has 0 fully saturated rings. The molecule has 0 aliphatic heterocycles. The van der Waals surface area contributed by atoms with Crippen LogP contribution in [0.25, 0.3) is 0 Å². The number of carbonyl (C=O) groups is 1. The van der Waals surface area contributed by atoms with Gasteiger partial charge in [-0.2, -0.15) is 0 Å². The zero-order valence-electron chi connectivity index (χ0n) is 11.2. The van der Waals surface area contributed by atoms with Crippen molar-refractivity contribution in [3.05, 3.63) is 59.5 Å². The maximum absolute atomic E-state index is 11.7. The summed E-state index contributed by atoms with van der Waals surface area (Å²) >= 11 is 0. The molecule has 0 radical (unpaired) electrons. The van der Waals surface area contributed by atoms with E-state index in [1.54, 1.807) is 6.26 Å². The topological polar surface area (TPSA) is 42.2 Å². The minimum atomic E-state index is 0.0924. The minimum absolute atomic E-state index is 0.0924. The number of aryl methyl sites for hydroxylation is 2. The molecule has 0 aliphatic rings. The van der Waals surface area contributed by atoms with Gasteiger partial charge in [-0.25, -0.2) is 0 Å². The predicted octanol–water partition coefficient (Wildman–Crippen LogP) is 2.88. The highest BCUT2D eigenvalue weighted by atomic mass is 16.3. The molecule has 3 heteroatoms. The molecule has 0 aliphatic carbocycles. The van der Waals surface area contributed by atoms with E-state index in [1.807, 2.05) is 24.3 Å². The Morgan fingerprint density at radius 3 is 2.74 bits per heavy atom. The van der Waals surface area contributed by atoms with Gasteiger partial charge < -0.3 is 9.73 Å².